The van der Waals surface area contributed by atoms with Gasteiger partial charge in [0.1, 0.15) is 0 Å². The van der Waals surface area contributed by atoms with Crippen LogP contribution in [0.15, 0.2) is 24.3 Å². The van der Waals surface area contributed by atoms with Gasteiger partial charge in [0.2, 0.25) is 0 Å². The monoisotopic (exact) mass is 200 g/mol. The molecule has 0 spiro atoms. The van der Waals surface area contributed by atoms with Crippen molar-refractivity contribution >= 4 is 5.69 Å². The fraction of sp³-hybridized carbons (Fsp3) is 0.143. The minimum absolute atomic E-state index is 0. The van der Waals surface area contributed by atoms with Gasteiger partial charge in [-0.05, 0) is 6.92 Å². The molecule has 1 aromatic rings. The minimum Gasteiger partial charge on any atom is -0.258 e. The molecular weight excluding hydrogens is 194 g/mol. The van der Waals surface area contributed by atoms with Crippen LogP contribution in [-0.2, 0) is 17.1 Å². The number of rotatable bonds is 1. The summed E-state index contributed by atoms with van der Waals surface area (Å²) in [7, 11) is 0. The molecule has 1 radical (unpaired) electrons. The van der Waals surface area contributed by atoms with Gasteiger partial charge in [-0.15, -0.1) is 0 Å². The molecular formula is C7H7CuNO2. The minimum atomic E-state index is -0.403. The maximum absolute atomic E-state index is 10.1. The van der Waals surface area contributed by atoms with Crippen molar-refractivity contribution < 1.29 is 22.0 Å². The SMILES string of the molecule is Cc1ccc([N+](=O)[O-])cc1.[Cu]. The van der Waals surface area contributed by atoms with Crippen molar-refractivity contribution in [1.82, 2.24) is 0 Å². The third-order valence-electron chi connectivity index (χ3n) is 1.24. The Hall–Kier alpha value is -0.861. The van der Waals surface area contributed by atoms with Crippen molar-refractivity contribution in [3.63, 3.8) is 0 Å². The van der Waals surface area contributed by atoms with Gasteiger partial charge in [-0.3, -0.25) is 10.1 Å². The normalized spacial score (nSPS) is 8.45. The predicted octanol–water partition coefficient (Wildman–Crippen LogP) is 1.90. The number of hydrogen-bond acceptors (Lipinski definition) is 2. The fourth-order valence-corrected chi connectivity index (χ4v) is 0.666. The van der Waals surface area contributed by atoms with Crippen LogP contribution >= 0.6 is 0 Å². The molecule has 0 bridgehead atoms. The van der Waals surface area contributed by atoms with Gasteiger partial charge < -0.3 is 0 Å². The number of hydrogen-bond donors (Lipinski definition) is 0. The first-order valence-corrected chi connectivity index (χ1v) is 2.91. The molecule has 63 valence electrons. The van der Waals surface area contributed by atoms with E-state index in [9.17, 15) is 10.1 Å². The molecule has 0 unspecified atom stereocenters. The standard InChI is InChI=1S/C7H7NO2.Cu/c1-6-2-4-7(5-3-6)8(9)10;/h2-5H,1H3;. The van der Waals surface area contributed by atoms with Gasteiger partial charge in [0.25, 0.3) is 5.69 Å². The zero-order valence-corrected chi connectivity index (χ0v) is 6.82. The molecule has 1 rings (SSSR count). The second kappa shape index (κ2) is 4.11. The molecule has 0 N–H and O–H groups in total. The van der Waals surface area contributed by atoms with E-state index in [4.69, 9.17) is 0 Å². The van der Waals surface area contributed by atoms with Crippen LogP contribution < -0.4 is 0 Å². The zero-order valence-electron chi connectivity index (χ0n) is 5.87. The Morgan fingerprint density at radius 3 is 2.09 bits per heavy atom. The summed E-state index contributed by atoms with van der Waals surface area (Å²) < 4.78 is 0. The van der Waals surface area contributed by atoms with Gasteiger partial charge in [0.15, 0.2) is 0 Å². The molecule has 0 saturated heterocycles. The first-order chi connectivity index (χ1) is 4.70. The number of non-ortho nitro benzene ring substituents is 1. The topological polar surface area (TPSA) is 43.1 Å². The quantitative estimate of drug-likeness (QED) is 0.395. The summed E-state index contributed by atoms with van der Waals surface area (Å²) in [6.45, 7) is 1.89. The van der Waals surface area contributed by atoms with E-state index >= 15 is 0 Å². The van der Waals surface area contributed by atoms with E-state index in [1.807, 2.05) is 6.92 Å². The Labute approximate surface area is 75.0 Å². The number of aryl methyl sites for hydroxylation is 1. The number of nitro groups is 1. The number of nitrogens with zero attached hydrogens (tertiary/aromatic N) is 1. The number of nitro benzene ring substituents is 1. The predicted molar refractivity (Wildman–Crippen MR) is 37.8 cm³/mol. The van der Waals surface area contributed by atoms with Crippen LogP contribution in [-0.4, -0.2) is 4.92 Å². The average molecular weight is 201 g/mol. The second-order valence-corrected chi connectivity index (χ2v) is 2.09. The van der Waals surface area contributed by atoms with Crippen molar-refractivity contribution in [2.75, 3.05) is 0 Å². The van der Waals surface area contributed by atoms with Crippen LogP contribution in [0.25, 0.3) is 0 Å². The first kappa shape index (κ1) is 10.1. The first-order valence-electron chi connectivity index (χ1n) is 2.91. The zero-order chi connectivity index (χ0) is 7.56. The van der Waals surface area contributed by atoms with Crippen molar-refractivity contribution in [2.24, 2.45) is 0 Å². The van der Waals surface area contributed by atoms with Crippen LogP contribution in [0, 0.1) is 17.0 Å². The molecule has 0 aliphatic heterocycles. The van der Waals surface area contributed by atoms with Crippen molar-refractivity contribution in [3.05, 3.63) is 39.9 Å². The van der Waals surface area contributed by atoms with E-state index in [2.05, 4.69) is 0 Å². The third kappa shape index (κ3) is 2.70. The molecule has 11 heavy (non-hydrogen) atoms. The van der Waals surface area contributed by atoms with Gasteiger partial charge in [-0.25, -0.2) is 0 Å². The summed E-state index contributed by atoms with van der Waals surface area (Å²) in [5, 5.41) is 10.1. The van der Waals surface area contributed by atoms with Crippen LogP contribution in [0.3, 0.4) is 0 Å². The van der Waals surface area contributed by atoms with E-state index < -0.39 is 4.92 Å². The Balaban J connectivity index is 0.000001000. The van der Waals surface area contributed by atoms with Gasteiger partial charge in [0, 0.05) is 29.2 Å². The van der Waals surface area contributed by atoms with E-state index in [1.54, 1.807) is 12.1 Å². The largest absolute Gasteiger partial charge is 0.269 e. The Morgan fingerprint density at radius 1 is 1.27 bits per heavy atom. The van der Waals surface area contributed by atoms with Crippen LogP contribution in [0.5, 0.6) is 0 Å². The van der Waals surface area contributed by atoms with Gasteiger partial charge in [-0.2, -0.15) is 0 Å². The van der Waals surface area contributed by atoms with E-state index in [0.29, 0.717) is 0 Å². The molecule has 0 aliphatic carbocycles. The summed E-state index contributed by atoms with van der Waals surface area (Å²) in [6, 6.07) is 6.43. The molecule has 0 amide bonds. The second-order valence-electron chi connectivity index (χ2n) is 2.09. The van der Waals surface area contributed by atoms with Gasteiger partial charge in [0.05, 0.1) is 4.92 Å². The molecule has 0 atom stereocenters. The maximum atomic E-state index is 10.1. The Kier molecular flexibility index (Phi) is 3.79. The number of benzene rings is 1. The maximum Gasteiger partial charge on any atom is 0.269 e. The molecule has 0 aliphatic rings. The molecule has 0 fully saturated rings. The molecule has 3 nitrogen and oxygen atoms in total. The van der Waals surface area contributed by atoms with Crippen molar-refractivity contribution in [1.29, 1.82) is 0 Å². The van der Waals surface area contributed by atoms with Crippen LogP contribution in [0.2, 0.25) is 0 Å². The molecule has 0 aromatic heterocycles. The molecule has 4 heteroatoms. The van der Waals surface area contributed by atoms with Crippen molar-refractivity contribution in [3.8, 4) is 0 Å². The van der Waals surface area contributed by atoms with Crippen molar-refractivity contribution in [2.45, 2.75) is 6.92 Å². The average Bonchev–Trinajstić information content (AvgIpc) is 1.88. The van der Waals surface area contributed by atoms with Gasteiger partial charge in [-0.1, -0.05) is 17.7 Å². The summed E-state index contributed by atoms with van der Waals surface area (Å²) in [6.07, 6.45) is 0. The Bertz CT molecular complexity index is 245. The van der Waals surface area contributed by atoms with E-state index in [0.717, 1.165) is 5.56 Å². The summed E-state index contributed by atoms with van der Waals surface area (Å²) in [4.78, 5) is 9.71. The molecule has 0 heterocycles. The van der Waals surface area contributed by atoms with Crippen LogP contribution in [0.1, 0.15) is 5.56 Å². The Morgan fingerprint density at radius 2 is 1.73 bits per heavy atom. The van der Waals surface area contributed by atoms with Crippen LogP contribution in [0.4, 0.5) is 5.69 Å². The summed E-state index contributed by atoms with van der Waals surface area (Å²) in [5.41, 5.74) is 1.18. The van der Waals surface area contributed by atoms with Gasteiger partial charge >= 0.3 is 0 Å². The fourth-order valence-electron chi connectivity index (χ4n) is 0.666. The molecule has 0 saturated carbocycles. The summed E-state index contributed by atoms with van der Waals surface area (Å²) >= 11 is 0. The van der Waals surface area contributed by atoms with E-state index in [-0.39, 0.29) is 22.8 Å². The van der Waals surface area contributed by atoms with E-state index in [1.165, 1.54) is 12.1 Å². The summed E-state index contributed by atoms with van der Waals surface area (Å²) in [5.74, 6) is 0. The molecule has 1 aromatic carbocycles. The smallest absolute Gasteiger partial charge is 0.258 e. The third-order valence-corrected chi connectivity index (χ3v) is 1.24.